The summed E-state index contributed by atoms with van der Waals surface area (Å²) < 4.78 is 11.9. The second-order valence-corrected chi connectivity index (χ2v) is 6.39. The van der Waals surface area contributed by atoms with E-state index in [2.05, 4.69) is 12.1 Å². The smallest absolute Gasteiger partial charge is 0.232 e. The van der Waals surface area contributed by atoms with Gasteiger partial charge in [0.05, 0.1) is 23.1 Å². The van der Waals surface area contributed by atoms with E-state index in [1.165, 1.54) is 5.56 Å². The molecular weight excluding hydrogens is 348 g/mol. The zero-order valence-electron chi connectivity index (χ0n) is 15.8. The molecule has 0 atom stereocenters. The van der Waals surface area contributed by atoms with Gasteiger partial charge in [-0.25, -0.2) is 4.98 Å². The third-order valence-corrected chi connectivity index (χ3v) is 4.47. The second kappa shape index (κ2) is 8.53. The van der Waals surface area contributed by atoms with E-state index in [-0.39, 0.29) is 0 Å². The molecule has 0 N–H and O–H groups in total. The lowest BCUT2D eigenvalue weighted by molar-refractivity contribution is 0.340. The Morgan fingerprint density at radius 3 is 2.50 bits per heavy atom. The van der Waals surface area contributed by atoms with Gasteiger partial charge in [-0.15, -0.1) is 0 Å². The van der Waals surface area contributed by atoms with Gasteiger partial charge < -0.3 is 9.15 Å². The van der Waals surface area contributed by atoms with E-state index >= 15 is 0 Å². The number of benzene rings is 3. The topological polar surface area (TPSA) is 47.6 Å². The number of nitrogens with zero attached hydrogens (tertiary/aromatic N) is 2. The Morgan fingerprint density at radius 1 is 0.893 bits per heavy atom. The van der Waals surface area contributed by atoms with E-state index in [4.69, 9.17) is 19.1 Å². The molecule has 0 spiro atoms. The molecule has 0 amide bonds. The van der Waals surface area contributed by atoms with E-state index in [1.54, 1.807) is 0 Å². The maximum Gasteiger partial charge on any atom is 0.232 e. The summed E-state index contributed by atoms with van der Waals surface area (Å²) in [7, 11) is 0. The molecule has 0 fully saturated rings. The van der Waals surface area contributed by atoms with Gasteiger partial charge in [-0.3, -0.25) is 4.99 Å². The first kappa shape index (κ1) is 18.0. The van der Waals surface area contributed by atoms with Crippen LogP contribution >= 0.6 is 0 Å². The fourth-order valence-electron chi connectivity index (χ4n) is 3.12. The fraction of sp³-hybridized carbons (Fsp3) is 0.167. The Kier molecular flexibility index (Phi) is 5.48. The second-order valence-electron chi connectivity index (χ2n) is 6.39. The van der Waals surface area contributed by atoms with Crippen LogP contribution in [0.5, 0.6) is 5.75 Å². The number of aromatic nitrogens is 1. The molecule has 1 aromatic heterocycles. The third kappa shape index (κ3) is 3.96. The van der Waals surface area contributed by atoms with Crippen molar-refractivity contribution in [3.8, 4) is 17.2 Å². The number of rotatable bonds is 6. The molecule has 0 aliphatic carbocycles. The highest BCUT2D eigenvalue weighted by atomic mass is 16.5. The molecular formula is C24H22N2O2. The minimum atomic E-state index is 0.515. The van der Waals surface area contributed by atoms with Crippen LogP contribution in [0.25, 0.3) is 22.4 Å². The maximum atomic E-state index is 6.14. The van der Waals surface area contributed by atoms with E-state index in [1.807, 2.05) is 73.7 Å². The van der Waals surface area contributed by atoms with Gasteiger partial charge in [0.25, 0.3) is 0 Å². The summed E-state index contributed by atoms with van der Waals surface area (Å²) in [5.41, 5.74) is 3.54. The SMILES string of the molecule is CCOc1ccccc1-c1nc2ccccc2c(=NCCc2ccccc2)o1. The highest BCUT2D eigenvalue weighted by Gasteiger charge is 2.12. The highest BCUT2D eigenvalue weighted by Crippen LogP contribution is 2.28. The molecule has 0 unspecified atom stereocenters. The zero-order chi connectivity index (χ0) is 19.2. The van der Waals surface area contributed by atoms with Crippen molar-refractivity contribution in [1.82, 2.24) is 4.98 Å². The summed E-state index contributed by atoms with van der Waals surface area (Å²) in [5, 5.41) is 0.910. The van der Waals surface area contributed by atoms with Gasteiger partial charge in [0, 0.05) is 6.54 Å². The molecule has 0 aliphatic rings. The third-order valence-electron chi connectivity index (χ3n) is 4.47. The lowest BCUT2D eigenvalue weighted by atomic mass is 10.1. The molecule has 3 aromatic carbocycles. The van der Waals surface area contributed by atoms with E-state index in [0.717, 1.165) is 28.6 Å². The van der Waals surface area contributed by atoms with Crippen molar-refractivity contribution in [2.24, 2.45) is 4.99 Å². The van der Waals surface area contributed by atoms with Crippen LogP contribution in [-0.4, -0.2) is 18.1 Å². The molecule has 4 nitrogen and oxygen atoms in total. The number of ether oxygens (including phenoxy) is 1. The molecule has 4 rings (SSSR count). The predicted octanol–water partition coefficient (Wildman–Crippen LogP) is 5.04. The van der Waals surface area contributed by atoms with Crippen molar-refractivity contribution in [2.75, 3.05) is 13.2 Å². The van der Waals surface area contributed by atoms with Crippen molar-refractivity contribution in [3.05, 3.63) is 90.0 Å². The fourth-order valence-corrected chi connectivity index (χ4v) is 3.12. The predicted molar refractivity (Wildman–Crippen MR) is 111 cm³/mol. The average Bonchev–Trinajstić information content (AvgIpc) is 2.75. The number of hydrogen-bond donors (Lipinski definition) is 0. The molecule has 0 saturated heterocycles. The van der Waals surface area contributed by atoms with Gasteiger partial charge >= 0.3 is 0 Å². The van der Waals surface area contributed by atoms with Gasteiger partial charge in [0.2, 0.25) is 11.4 Å². The van der Waals surface area contributed by atoms with Crippen LogP contribution in [-0.2, 0) is 6.42 Å². The lowest BCUT2D eigenvalue weighted by Gasteiger charge is -2.09. The van der Waals surface area contributed by atoms with Crippen LogP contribution in [0.3, 0.4) is 0 Å². The molecule has 0 aliphatic heterocycles. The number of fused-ring (bicyclic) bond motifs is 1. The molecule has 0 radical (unpaired) electrons. The van der Waals surface area contributed by atoms with Crippen molar-refractivity contribution in [1.29, 1.82) is 0 Å². The van der Waals surface area contributed by atoms with Gasteiger partial charge in [-0.1, -0.05) is 54.6 Å². The summed E-state index contributed by atoms with van der Waals surface area (Å²) in [5.74, 6) is 1.27. The van der Waals surface area contributed by atoms with Crippen LogP contribution in [0.2, 0.25) is 0 Å². The molecule has 28 heavy (non-hydrogen) atoms. The lowest BCUT2D eigenvalue weighted by Crippen LogP contribution is -2.08. The van der Waals surface area contributed by atoms with E-state index in [0.29, 0.717) is 24.6 Å². The van der Waals surface area contributed by atoms with E-state index in [9.17, 15) is 0 Å². The van der Waals surface area contributed by atoms with E-state index < -0.39 is 0 Å². The first-order chi connectivity index (χ1) is 13.8. The van der Waals surface area contributed by atoms with Gasteiger partial charge in [-0.05, 0) is 43.2 Å². The Balaban J connectivity index is 1.77. The molecule has 4 aromatic rings. The molecule has 4 heteroatoms. The normalized spacial score (nSPS) is 11.7. The summed E-state index contributed by atoms with van der Waals surface area (Å²) in [6.45, 7) is 3.19. The Morgan fingerprint density at radius 2 is 1.64 bits per heavy atom. The molecule has 1 heterocycles. The molecule has 140 valence electrons. The number of hydrogen-bond acceptors (Lipinski definition) is 4. The molecule has 0 bridgehead atoms. The maximum absolute atomic E-state index is 6.14. The van der Waals surface area contributed by atoms with Gasteiger partial charge in [0.1, 0.15) is 5.75 Å². The van der Waals surface area contributed by atoms with Crippen molar-refractivity contribution >= 4 is 10.9 Å². The quantitative estimate of drug-likeness (QED) is 0.478. The first-order valence-electron chi connectivity index (χ1n) is 9.51. The van der Waals surface area contributed by atoms with Gasteiger partial charge in [-0.2, -0.15) is 0 Å². The standard InChI is InChI=1S/C24H22N2O2/c1-2-27-22-15-9-7-13-20(22)24-26-21-14-8-6-12-19(21)23(28-24)25-17-16-18-10-4-3-5-11-18/h3-15H,2,16-17H2,1H3. The van der Waals surface area contributed by atoms with Crippen LogP contribution in [0.4, 0.5) is 0 Å². The highest BCUT2D eigenvalue weighted by molar-refractivity contribution is 5.79. The number of para-hydroxylation sites is 2. The Bertz CT molecular complexity index is 1130. The average molecular weight is 370 g/mol. The largest absolute Gasteiger partial charge is 0.493 e. The Hall–Kier alpha value is -3.40. The molecule has 0 saturated carbocycles. The summed E-state index contributed by atoms with van der Waals surface area (Å²) in [4.78, 5) is 9.45. The first-order valence-corrected chi connectivity index (χ1v) is 9.51. The zero-order valence-corrected chi connectivity index (χ0v) is 15.8. The monoisotopic (exact) mass is 370 g/mol. The minimum Gasteiger partial charge on any atom is -0.493 e. The summed E-state index contributed by atoms with van der Waals surface area (Å²) in [6, 6.07) is 26.0. The Labute approximate surface area is 164 Å². The minimum absolute atomic E-state index is 0.515. The van der Waals surface area contributed by atoms with Crippen LogP contribution in [0.15, 0.2) is 88.3 Å². The van der Waals surface area contributed by atoms with Crippen molar-refractivity contribution in [3.63, 3.8) is 0 Å². The van der Waals surface area contributed by atoms with Crippen molar-refractivity contribution < 1.29 is 9.15 Å². The summed E-state index contributed by atoms with van der Waals surface area (Å²) in [6.07, 6.45) is 0.859. The van der Waals surface area contributed by atoms with Crippen LogP contribution in [0.1, 0.15) is 12.5 Å². The van der Waals surface area contributed by atoms with Crippen LogP contribution < -0.4 is 10.3 Å². The van der Waals surface area contributed by atoms with Gasteiger partial charge in [0.15, 0.2) is 0 Å². The van der Waals surface area contributed by atoms with Crippen molar-refractivity contribution in [2.45, 2.75) is 13.3 Å². The summed E-state index contributed by atoms with van der Waals surface area (Å²) >= 11 is 0. The van der Waals surface area contributed by atoms with Crippen LogP contribution in [0, 0.1) is 0 Å².